The van der Waals surface area contributed by atoms with Gasteiger partial charge in [0.25, 0.3) is 0 Å². The molecule has 0 atom stereocenters. The highest BCUT2D eigenvalue weighted by atomic mass is 14.6. The Bertz CT molecular complexity index is 982. The fourth-order valence-corrected chi connectivity index (χ4v) is 3.14. The molecule has 0 bridgehead atoms. The predicted octanol–water partition coefficient (Wildman–Crippen LogP) is 7.20. The lowest BCUT2D eigenvalue weighted by atomic mass is 9.85. The maximum Gasteiger partial charge on any atom is 0.0394 e. The topological polar surface area (TPSA) is 26.0 Å². The fourth-order valence-electron chi connectivity index (χ4n) is 3.14. The molecular weight excluding hydrogens is 338 g/mol. The molecule has 1 nitrogen and oxygen atoms in total. The van der Waals surface area contributed by atoms with Crippen molar-refractivity contribution in [2.45, 2.75) is 20.8 Å². The number of hydrogen-bond acceptors (Lipinski definition) is 1. The number of anilines is 1. The number of allylic oxidation sites excluding steroid dienone is 8. The van der Waals surface area contributed by atoms with Crippen LogP contribution in [0.15, 0.2) is 115 Å². The molecule has 0 amide bonds. The third-order valence-corrected chi connectivity index (χ3v) is 4.58. The summed E-state index contributed by atoms with van der Waals surface area (Å²) in [6.07, 6.45) is 7.86. The molecule has 0 aliphatic heterocycles. The van der Waals surface area contributed by atoms with Crippen molar-refractivity contribution in [2.75, 3.05) is 5.73 Å². The van der Waals surface area contributed by atoms with Gasteiger partial charge >= 0.3 is 0 Å². The molecule has 0 saturated heterocycles. The second-order valence-corrected chi connectivity index (χ2v) is 6.84. The molecule has 2 aromatic rings. The second kappa shape index (κ2) is 9.57. The average molecular weight is 368 g/mol. The van der Waals surface area contributed by atoms with Crippen LogP contribution in [0.5, 0.6) is 0 Å². The van der Waals surface area contributed by atoms with Crippen molar-refractivity contribution in [3.63, 3.8) is 0 Å². The average Bonchev–Trinajstić information content (AvgIpc) is 2.69. The van der Waals surface area contributed by atoms with E-state index < -0.39 is 0 Å². The number of nitrogen functional groups attached to an aromatic ring is 1. The van der Waals surface area contributed by atoms with Gasteiger partial charge in [0.1, 0.15) is 0 Å². The van der Waals surface area contributed by atoms with Crippen LogP contribution in [0.3, 0.4) is 0 Å². The summed E-state index contributed by atoms with van der Waals surface area (Å²) in [4.78, 5) is 0. The molecule has 0 spiro atoms. The zero-order valence-corrected chi connectivity index (χ0v) is 17.1. The SMILES string of the molecule is C=CC(/C=C/C(=C)/C(C(=C)C)=C(\c1ccccc1)c1cc(C)ccc1N)=C\C. The van der Waals surface area contributed by atoms with Crippen LogP contribution in [-0.4, -0.2) is 0 Å². The lowest BCUT2D eigenvalue weighted by Gasteiger charge is -2.19. The zero-order chi connectivity index (χ0) is 20.7. The van der Waals surface area contributed by atoms with E-state index in [1.807, 2.05) is 68.5 Å². The molecule has 142 valence electrons. The number of aryl methyl sites for hydroxylation is 1. The van der Waals surface area contributed by atoms with Gasteiger partial charge in [0.15, 0.2) is 0 Å². The molecule has 0 heterocycles. The van der Waals surface area contributed by atoms with Crippen LogP contribution < -0.4 is 5.73 Å². The van der Waals surface area contributed by atoms with E-state index in [4.69, 9.17) is 5.73 Å². The molecule has 28 heavy (non-hydrogen) atoms. The monoisotopic (exact) mass is 367 g/mol. The first kappa shape index (κ1) is 21.0. The Kier molecular flexibility index (Phi) is 7.17. The van der Waals surface area contributed by atoms with E-state index in [1.165, 1.54) is 0 Å². The first-order valence-electron chi connectivity index (χ1n) is 9.37. The Labute approximate surface area is 169 Å². The largest absolute Gasteiger partial charge is 0.398 e. The molecule has 2 rings (SSSR count). The van der Waals surface area contributed by atoms with Gasteiger partial charge in [-0.05, 0) is 66.3 Å². The minimum Gasteiger partial charge on any atom is -0.398 e. The molecule has 0 fully saturated rings. The van der Waals surface area contributed by atoms with Crippen molar-refractivity contribution >= 4 is 11.3 Å². The molecule has 0 saturated carbocycles. The maximum absolute atomic E-state index is 6.40. The summed E-state index contributed by atoms with van der Waals surface area (Å²) in [6, 6.07) is 16.4. The molecule has 0 unspecified atom stereocenters. The van der Waals surface area contributed by atoms with Crippen molar-refractivity contribution in [3.05, 3.63) is 132 Å². The molecule has 0 aliphatic carbocycles. The van der Waals surface area contributed by atoms with Gasteiger partial charge < -0.3 is 5.73 Å². The van der Waals surface area contributed by atoms with Crippen LogP contribution >= 0.6 is 0 Å². The highest BCUT2D eigenvalue weighted by molar-refractivity contribution is 5.92. The van der Waals surface area contributed by atoms with Crippen LogP contribution in [0.2, 0.25) is 0 Å². The van der Waals surface area contributed by atoms with E-state index in [-0.39, 0.29) is 0 Å². The highest BCUT2D eigenvalue weighted by Gasteiger charge is 2.16. The quantitative estimate of drug-likeness (QED) is 0.406. The summed E-state index contributed by atoms with van der Waals surface area (Å²) in [5.74, 6) is 0. The second-order valence-electron chi connectivity index (χ2n) is 6.84. The first-order chi connectivity index (χ1) is 13.4. The summed E-state index contributed by atoms with van der Waals surface area (Å²) in [5, 5.41) is 0. The molecule has 0 aliphatic rings. The molecule has 0 radical (unpaired) electrons. The lowest BCUT2D eigenvalue weighted by Crippen LogP contribution is -2.02. The minimum absolute atomic E-state index is 0.736. The van der Waals surface area contributed by atoms with Gasteiger partial charge in [-0.15, -0.1) is 0 Å². The van der Waals surface area contributed by atoms with Gasteiger partial charge in [0.05, 0.1) is 0 Å². The van der Waals surface area contributed by atoms with Crippen molar-refractivity contribution in [3.8, 4) is 0 Å². The molecule has 0 aromatic heterocycles. The van der Waals surface area contributed by atoms with Crippen LogP contribution in [0, 0.1) is 6.92 Å². The smallest absolute Gasteiger partial charge is 0.0394 e. The molecule has 2 N–H and O–H groups in total. The molecule has 1 heteroatoms. The minimum atomic E-state index is 0.736. The summed E-state index contributed by atoms with van der Waals surface area (Å²) in [7, 11) is 0. The van der Waals surface area contributed by atoms with Gasteiger partial charge in [-0.2, -0.15) is 0 Å². The van der Waals surface area contributed by atoms with Crippen LogP contribution in [0.1, 0.15) is 30.5 Å². The fraction of sp³-hybridized carbons (Fsp3) is 0.111. The zero-order valence-electron chi connectivity index (χ0n) is 17.1. The van der Waals surface area contributed by atoms with Crippen molar-refractivity contribution in [1.29, 1.82) is 0 Å². The van der Waals surface area contributed by atoms with E-state index in [1.54, 1.807) is 0 Å². The number of nitrogens with two attached hydrogens (primary N) is 1. The van der Waals surface area contributed by atoms with Crippen molar-refractivity contribution in [1.82, 2.24) is 0 Å². The van der Waals surface area contributed by atoms with Crippen molar-refractivity contribution in [2.24, 2.45) is 0 Å². The Morgan fingerprint density at radius 1 is 1.00 bits per heavy atom. The predicted molar refractivity (Wildman–Crippen MR) is 125 cm³/mol. The third kappa shape index (κ3) is 4.89. The number of hydrogen-bond donors (Lipinski definition) is 1. The Hall–Kier alpha value is -3.32. The summed E-state index contributed by atoms with van der Waals surface area (Å²) in [6.45, 7) is 18.5. The summed E-state index contributed by atoms with van der Waals surface area (Å²) >= 11 is 0. The summed E-state index contributed by atoms with van der Waals surface area (Å²) in [5.41, 5.74) is 15.3. The number of benzene rings is 2. The van der Waals surface area contributed by atoms with E-state index in [0.717, 1.165) is 50.2 Å². The van der Waals surface area contributed by atoms with Gasteiger partial charge in [0.2, 0.25) is 0 Å². The van der Waals surface area contributed by atoms with Gasteiger partial charge in [-0.3, -0.25) is 0 Å². The highest BCUT2D eigenvalue weighted by Crippen LogP contribution is 2.37. The molecule has 2 aromatic carbocycles. The van der Waals surface area contributed by atoms with E-state index >= 15 is 0 Å². The van der Waals surface area contributed by atoms with E-state index in [2.05, 4.69) is 44.9 Å². The Morgan fingerprint density at radius 2 is 1.68 bits per heavy atom. The Balaban J connectivity index is 2.80. The van der Waals surface area contributed by atoms with Crippen LogP contribution in [-0.2, 0) is 0 Å². The van der Waals surface area contributed by atoms with E-state index in [0.29, 0.717) is 0 Å². The molecular formula is C27H29N. The Morgan fingerprint density at radius 3 is 2.25 bits per heavy atom. The van der Waals surface area contributed by atoms with Gasteiger partial charge in [-0.25, -0.2) is 0 Å². The van der Waals surface area contributed by atoms with Gasteiger partial charge in [-0.1, -0.05) is 86.0 Å². The number of rotatable bonds is 7. The van der Waals surface area contributed by atoms with Crippen LogP contribution in [0.25, 0.3) is 5.57 Å². The van der Waals surface area contributed by atoms with Crippen molar-refractivity contribution < 1.29 is 0 Å². The van der Waals surface area contributed by atoms with E-state index in [9.17, 15) is 0 Å². The third-order valence-electron chi connectivity index (χ3n) is 4.58. The normalized spacial score (nSPS) is 12.6. The van der Waals surface area contributed by atoms with Crippen LogP contribution in [0.4, 0.5) is 5.69 Å². The van der Waals surface area contributed by atoms with Gasteiger partial charge in [0, 0.05) is 11.3 Å². The first-order valence-corrected chi connectivity index (χ1v) is 9.37. The lowest BCUT2D eigenvalue weighted by molar-refractivity contribution is 1.37. The summed E-state index contributed by atoms with van der Waals surface area (Å²) < 4.78 is 0. The standard InChI is InChI=1S/C27H29N/c1-7-22(8-2)16-15-21(6)26(19(3)4)27(23-12-10-9-11-13-23)24-18-20(5)14-17-25(24)28/h7-18H,1,3,6,28H2,2,4-5H3/b16-15+,22-8+,27-26+. The maximum atomic E-state index is 6.40.